The molecule has 0 radical (unpaired) electrons. The lowest BCUT2D eigenvalue weighted by Crippen LogP contribution is -2.01. The number of fused-ring (bicyclic) bond motifs is 2. The highest BCUT2D eigenvalue weighted by molar-refractivity contribution is 5.94. The Morgan fingerprint density at radius 1 is 1.06 bits per heavy atom. The first-order chi connectivity index (χ1) is 16.2. The lowest BCUT2D eigenvalue weighted by Gasteiger charge is -2.10. The van der Waals surface area contributed by atoms with Crippen LogP contribution in [0.4, 0.5) is 11.5 Å². The summed E-state index contributed by atoms with van der Waals surface area (Å²) in [6.45, 7) is 0.718. The van der Waals surface area contributed by atoms with Gasteiger partial charge in [-0.1, -0.05) is 36.4 Å². The van der Waals surface area contributed by atoms with Crippen LogP contribution in [0.3, 0.4) is 0 Å². The second-order valence-corrected chi connectivity index (χ2v) is 7.54. The van der Waals surface area contributed by atoms with Crippen molar-refractivity contribution in [2.24, 2.45) is 0 Å². The minimum Gasteiger partial charge on any atom is -0.466 e. The number of nitrogens with zero attached hydrogens (tertiary/aromatic N) is 4. The second-order valence-electron chi connectivity index (χ2n) is 7.54. The molecule has 162 valence electrons. The first kappa shape index (κ1) is 20.4. The molecular weight excluding hydrogens is 414 g/mol. The third-order valence-corrected chi connectivity index (χ3v) is 5.35. The molecule has 0 spiro atoms. The summed E-state index contributed by atoms with van der Waals surface area (Å²) in [6.07, 6.45) is 6.50. The second kappa shape index (κ2) is 8.92. The first-order valence-electron chi connectivity index (χ1n) is 10.5. The summed E-state index contributed by atoms with van der Waals surface area (Å²) in [5.41, 5.74) is 4.82. The molecule has 1 N–H and O–H groups in total. The predicted molar refractivity (Wildman–Crippen MR) is 129 cm³/mol. The number of methoxy groups -OCH3 is 1. The van der Waals surface area contributed by atoms with E-state index in [2.05, 4.69) is 49.4 Å². The van der Waals surface area contributed by atoms with E-state index < -0.39 is 5.97 Å². The van der Waals surface area contributed by atoms with Gasteiger partial charge in [-0.25, -0.2) is 14.8 Å². The van der Waals surface area contributed by atoms with Crippen LogP contribution in [-0.2, 0) is 16.1 Å². The van der Waals surface area contributed by atoms with E-state index in [0.29, 0.717) is 5.82 Å². The zero-order valence-electron chi connectivity index (χ0n) is 18.0. The van der Waals surface area contributed by atoms with Gasteiger partial charge < -0.3 is 10.1 Å². The van der Waals surface area contributed by atoms with Gasteiger partial charge in [0, 0.05) is 22.5 Å². The molecule has 7 nitrogen and oxygen atoms in total. The van der Waals surface area contributed by atoms with Crippen LogP contribution in [0.25, 0.3) is 27.9 Å². The van der Waals surface area contributed by atoms with E-state index in [1.54, 1.807) is 6.08 Å². The molecule has 5 aromatic rings. The average molecular weight is 435 g/mol. The number of anilines is 2. The van der Waals surface area contributed by atoms with Gasteiger partial charge in [-0.3, -0.25) is 4.68 Å². The topological polar surface area (TPSA) is 81.9 Å². The maximum atomic E-state index is 11.4. The third-order valence-electron chi connectivity index (χ3n) is 5.35. The van der Waals surface area contributed by atoms with Gasteiger partial charge in [0.1, 0.15) is 12.1 Å². The normalized spacial score (nSPS) is 11.3. The number of carbonyl (C=O) groups excluding carboxylic acids is 1. The Hall–Kier alpha value is -4.52. The highest BCUT2D eigenvalue weighted by Gasteiger charge is 2.08. The van der Waals surface area contributed by atoms with Crippen molar-refractivity contribution in [2.45, 2.75) is 6.54 Å². The van der Waals surface area contributed by atoms with Crippen LogP contribution in [-0.4, -0.2) is 32.8 Å². The average Bonchev–Trinajstić information content (AvgIpc) is 3.25. The summed E-state index contributed by atoms with van der Waals surface area (Å²) in [6, 6.07) is 22.1. The highest BCUT2D eigenvalue weighted by Crippen LogP contribution is 2.27. The number of esters is 1. The molecule has 0 aliphatic carbocycles. The Balaban J connectivity index is 1.43. The zero-order chi connectivity index (χ0) is 22.6. The minimum absolute atomic E-state index is 0.404. The number of benzene rings is 3. The van der Waals surface area contributed by atoms with Crippen LogP contribution in [0.1, 0.15) is 11.1 Å². The van der Waals surface area contributed by atoms with E-state index in [1.165, 1.54) is 25.1 Å². The van der Waals surface area contributed by atoms with Gasteiger partial charge in [-0.05, 0) is 47.5 Å². The standard InChI is InChI=1S/C26H21N5O2/c1-33-25(32)12-8-18-7-10-23-22(13-18)26(28-17-27-23)30-21-9-11-24-20(14-21)15-29-31(24)16-19-5-3-2-4-6-19/h2-15,17H,16H2,1H3,(H,27,28,30). The van der Waals surface area contributed by atoms with E-state index in [1.807, 2.05) is 53.3 Å². The number of hydrogen-bond acceptors (Lipinski definition) is 6. The fourth-order valence-corrected chi connectivity index (χ4v) is 3.69. The van der Waals surface area contributed by atoms with Crippen molar-refractivity contribution < 1.29 is 9.53 Å². The van der Waals surface area contributed by atoms with E-state index in [4.69, 9.17) is 0 Å². The number of carbonyl (C=O) groups is 1. The predicted octanol–water partition coefficient (Wildman–Crippen LogP) is 4.96. The molecule has 0 fully saturated rings. The molecule has 0 saturated heterocycles. The summed E-state index contributed by atoms with van der Waals surface area (Å²) >= 11 is 0. The van der Waals surface area contributed by atoms with Crippen molar-refractivity contribution in [3.05, 3.63) is 96.5 Å². The van der Waals surface area contributed by atoms with Gasteiger partial charge in [0.25, 0.3) is 0 Å². The third kappa shape index (κ3) is 4.43. The van der Waals surface area contributed by atoms with Gasteiger partial charge in [0.05, 0.1) is 30.9 Å². The van der Waals surface area contributed by atoms with Gasteiger partial charge in [-0.15, -0.1) is 0 Å². The molecule has 0 unspecified atom stereocenters. The minimum atomic E-state index is -0.404. The Morgan fingerprint density at radius 2 is 1.94 bits per heavy atom. The summed E-state index contributed by atoms with van der Waals surface area (Å²) in [7, 11) is 1.35. The summed E-state index contributed by atoms with van der Waals surface area (Å²) in [5, 5.41) is 9.85. The van der Waals surface area contributed by atoms with Crippen LogP contribution in [0.2, 0.25) is 0 Å². The molecule has 0 amide bonds. The van der Waals surface area contributed by atoms with E-state index in [-0.39, 0.29) is 0 Å². The van der Waals surface area contributed by atoms with E-state index >= 15 is 0 Å². The zero-order valence-corrected chi connectivity index (χ0v) is 18.0. The summed E-state index contributed by atoms with van der Waals surface area (Å²) < 4.78 is 6.66. The van der Waals surface area contributed by atoms with Gasteiger partial charge >= 0.3 is 5.97 Å². The molecule has 5 rings (SSSR count). The van der Waals surface area contributed by atoms with E-state index in [0.717, 1.165) is 39.6 Å². The molecule has 0 atom stereocenters. The SMILES string of the molecule is COC(=O)C=Cc1ccc2ncnc(Nc3ccc4c(cnn4Cc4ccccc4)c3)c2c1. The number of hydrogen-bond donors (Lipinski definition) is 1. The van der Waals surface area contributed by atoms with Gasteiger partial charge in [0.2, 0.25) is 0 Å². The van der Waals surface area contributed by atoms with Crippen LogP contribution in [0.15, 0.2) is 85.3 Å². The van der Waals surface area contributed by atoms with Crippen LogP contribution in [0.5, 0.6) is 0 Å². The maximum absolute atomic E-state index is 11.4. The van der Waals surface area contributed by atoms with Gasteiger partial charge in [0.15, 0.2) is 0 Å². The molecule has 33 heavy (non-hydrogen) atoms. The molecule has 0 aliphatic rings. The largest absolute Gasteiger partial charge is 0.466 e. The van der Waals surface area contributed by atoms with Gasteiger partial charge in [-0.2, -0.15) is 5.10 Å². The highest BCUT2D eigenvalue weighted by atomic mass is 16.5. The Morgan fingerprint density at radius 3 is 2.79 bits per heavy atom. The van der Waals surface area contributed by atoms with Crippen LogP contribution < -0.4 is 5.32 Å². The number of aromatic nitrogens is 4. The maximum Gasteiger partial charge on any atom is 0.330 e. The molecule has 2 heterocycles. The van der Waals surface area contributed by atoms with Crippen molar-refractivity contribution in [1.82, 2.24) is 19.7 Å². The Labute approximate surface area is 190 Å². The Kier molecular flexibility index (Phi) is 5.51. The molecule has 2 aromatic heterocycles. The monoisotopic (exact) mass is 435 g/mol. The van der Waals surface area contributed by atoms with Crippen LogP contribution in [0, 0.1) is 0 Å². The van der Waals surface area contributed by atoms with Crippen molar-refractivity contribution in [1.29, 1.82) is 0 Å². The fourth-order valence-electron chi connectivity index (χ4n) is 3.69. The lowest BCUT2D eigenvalue weighted by molar-refractivity contribution is -0.134. The van der Waals surface area contributed by atoms with Crippen LogP contribution >= 0.6 is 0 Å². The summed E-state index contributed by atoms with van der Waals surface area (Å²) in [5.74, 6) is 0.281. The fraction of sp³-hybridized carbons (Fsp3) is 0.0769. The molecule has 0 saturated carbocycles. The number of ether oxygens (including phenoxy) is 1. The molecule has 0 aliphatic heterocycles. The summed E-state index contributed by atoms with van der Waals surface area (Å²) in [4.78, 5) is 20.2. The molecular formula is C26H21N5O2. The molecule has 3 aromatic carbocycles. The first-order valence-corrected chi connectivity index (χ1v) is 10.5. The smallest absolute Gasteiger partial charge is 0.330 e. The van der Waals surface area contributed by atoms with Crippen molar-refractivity contribution >= 4 is 45.4 Å². The van der Waals surface area contributed by atoms with Crippen molar-refractivity contribution in [3.63, 3.8) is 0 Å². The number of rotatable bonds is 6. The molecule has 7 heteroatoms. The van der Waals surface area contributed by atoms with Crippen molar-refractivity contribution in [3.8, 4) is 0 Å². The quantitative estimate of drug-likeness (QED) is 0.300. The Bertz CT molecular complexity index is 1470. The van der Waals surface area contributed by atoms with E-state index in [9.17, 15) is 4.79 Å². The molecule has 0 bridgehead atoms. The number of nitrogens with one attached hydrogen (secondary N) is 1. The van der Waals surface area contributed by atoms with Crippen molar-refractivity contribution in [2.75, 3.05) is 12.4 Å². The lowest BCUT2D eigenvalue weighted by atomic mass is 10.1.